The van der Waals surface area contributed by atoms with Crippen LogP contribution < -0.4 is 5.32 Å². The lowest BCUT2D eigenvalue weighted by Crippen LogP contribution is -2.37. The second-order valence-corrected chi connectivity index (χ2v) is 6.63. The third-order valence-corrected chi connectivity index (χ3v) is 3.43. The molecule has 19 heavy (non-hydrogen) atoms. The molecule has 2 nitrogen and oxygen atoms in total. The lowest BCUT2D eigenvalue weighted by molar-refractivity contribution is 0.0449. The average molecular weight is 263 g/mol. The second kappa shape index (κ2) is 7.66. The highest BCUT2D eigenvalue weighted by Gasteiger charge is 2.24. The molecule has 0 saturated carbocycles. The van der Waals surface area contributed by atoms with Gasteiger partial charge in [0.25, 0.3) is 0 Å². The highest BCUT2D eigenvalue weighted by Crippen LogP contribution is 2.26. The van der Waals surface area contributed by atoms with Gasteiger partial charge in [0.05, 0.1) is 13.2 Å². The zero-order valence-corrected chi connectivity index (χ0v) is 13.1. The largest absolute Gasteiger partial charge is 0.376 e. The molecule has 0 aliphatic heterocycles. The Kier molecular flexibility index (Phi) is 6.53. The lowest BCUT2D eigenvalue weighted by Gasteiger charge is -2.31. The summed E-state index contributed by atoms with van der Waals surface area (Å²) in [6.45, 7) is 13.7. The van der Waals surface area contributed by atoms with E-state index in [1.165, 1.54) is 5.56 Å². The third-order valence-electron chi connectivity index (χ3n) is 3.43. The van der Waals surface area contributed by atoms with Crippen LogP contribution in [0.3, 0.4) is 0 Å². The van der Waals surface area contributed by atoms with Crippen LogP contribution in [0.1, 0.15) is 40.2 Å². The van der Waals surface area contributed by atoms with Gasteiger partial charge in [0, 0.05) is 12.6 Å². The van der Waals surface area contributed by atoms with Crippen molar-refractivity contribution < 1.29 is 4.74 Å². The summed E-state index contributed by atoms with van der Waals surface area (Å²) in [4.78, 5) is 0. The van der Waals surface area contributed by atoms with Crippen LogP contribution >= 0.6 is 0 Å². The number of ether oxygens (including phenoxy) is 1. The molecule has 0 saturated heterocycles. The van der Waals surface area contributed by atoms with E-state index in [1.54, 1.807) is 0 Å². The minimum absolute atomic E-state index is 0.262. The first-order valence-corrected chi connectivity index (χ1v) is 7.24. The normalized spacial score (nSPS) is 13.8. The van der Waals surface area contributed by atoms with E-state index < -0.39 is 0 Å². The molecule has 0 fully saturated rings. The molecule has 0 aliphatic carbocycles. The van der Waals surface area contributed by atoms with Crippen LogP contribution in [0.2, 0.25) is 0 Å². The molecule has 0 heterocycles. The van der Waals surface area contributed by atoms with Gasteiger partial charge in [-0.3, -0.25) is 0 Å². The van der Waals surface area contributed by atoms with Crippen LogP contribution in [0.5, 0.6) is 0 Å². The summed E-state index contributed by atoms with van der Waals surface area (Å²) >= 11 is 0. The predicted octanol–water partition coefficient (Wildman–Crippen LogP) is 3.86. The molecule has 1 aromatic rings. The first-order chi connectivity index (χ1) is 8.89. The van der Waals surface area contributed by atoms with Crippen molar-refractivity contribution in [3.63, 3.8) is 0 Å². The fraction of sp³-hybridized carbons (Fsp3) is 0.647. The van der Waals surface area contributed by atoms with Gasteiger partial charge in [-0.1, -0.05) is 65.0 Å². The Morgan fingerprint density at radius 2 is 1.74 bits per heavy atom. The van der Waals surface area contributed by atoms with E-state index in [2.05, 4.69) is 64.2 Å². The number of hydrogen-bond donors (Lipinski definition) is 1. The van der Waals surface area contributed by atoms with Gasteiger partial charge in [-0.05, 0) is 16.9 Å². The maximum absolute atomic E-state index is 5.90. The molecule has 2 heteroatoms. The number of rotatable bonds is 7. The standard InChI is InChI=1S/C17H29NO/c1-14(2)18-11-16(17(3,4)5)13-19-12-15-9-7-6-8-10-15/h6-10,14,16,18H,11-13H2,1-5H3. The first kappa shape index (κ1) is 16.2. The van der Waals surface area contributed by atoms with Crippen molar-refractivity contribution in [2.24, 2.45) is 11.3 Å². The first-order valence-electron chi connectivity index (χ1n) is 7.24. The average Bonchev–Trinajstić information content (AvgIpc) is 2.33. The summed E-state index contributed by atoms with van der Waals surface area (Å²) in [6, 6.07) is 10.9. The van der Waals surface area contributed by atoms with E-state index in [4.69, 9.17) is 4.74 Å². The van der Waals surface area contributed by atoms with E-state index in [0.717, 1.165) is 13.2 Å². The summed E-state index contributed by atoms with van der Waals surface area (Å²) in [6.07, 6.45) is 0. The SMILES string of the molecule is CC(C)NCC(COCc1ccccc1)C(C)(C)C. The fourth-order valence-electron chi connectivity index (χ4n) is 1.89. The summed E-state index contributed by atoms with van der Waals surface area (Å²) < 4.78 is 5.90. The molecule has 1 unspecified atom stereocenters. The number of nitrogens with one attached hydrogen (secondary N) is 1. The van der Waals surface area contributed by atoms with E-state index >= 15 is 0 Å². The summed E-state index contributed by atoms with van der Waals surface area (Å²) in [5.74, 6) is 0.526. The maximum Gasteiger partial charge on any atom is 0.0717 e. The monoisotopic (exact) mass is 263 g/mol. The topological polar surface area (TPSA) is 21.3 Å². The molecular weight excluding hydrogens is 234 g/mol. The second-order valence-electron chi connectivity index (χ2n) is 6.63. The molecule has 0 bridgehead atoms. The molecule has 0 aliphatic rings. The van der Waals surface area contributed by atoms with Crippen molar-refractivity contribution in [2.75, 3.05) is 13.2 Å². The van der Waals surface area contributed by atoms with E-state index in [1.807, 2.05) is 6.07 Å². The Balaban J connectivity index is 2.40. The molecule has 108 valence electrons. The van der Waals surface area contributed by atoms with Gasteiger partial charge in [0.15, 0.2) is 0 Å². The van der Waals surface area contributed by atoms with E-state index in [0.29, 0.717) is 18.6 Å². The Labute approximate surface area is 118 Å². The van der Waals surface area contributed by atoms with Crippen molar-refractivity contribution in [3.05, 3.63) is 35.9 Å². The zero-order valence-electron chi connectivity index (χ0n) is 13.1. The molecule has 1 N–H and O–H groups in total. The summed E-state index contributed by atoms with van der Waals surface area (Å²) in [5.41, 5.74) is 1.51. The van der Waals surface area contributed by atoms with Gasteiger partial charge in [0.1, 0.15) is 0 Å². The third kappa shape index (κ3) is 6.74. The van der Waals surface area contributed by atoms with Gasteiger partial charge < -0.3 is 10.1 Å². The molecule has 1 atom stereocenters. The molecule has 0 spiro atoms. The van der Waals surface area contributed by atoms with Gasteiger partial charge >= 0.3 is 0 Å². The Morgan fingerprint density at radius 1 is 1.11 bits per heavy atom. The van der Waals surface area contributed by atoms with Crippen LogP contribution in [-0.4, -0.2) is 19.2 Å². The molecule has 0 radical (unpaired) electrons. The molecule has 1 rings (SSSR count). The molecular formula is C17H29NO. The quantitative estimate of drug-likeness (QED) is 0.806. The van der Waals surface area contributed by atoms with Crippen LogP contribution in [0.4, 0.5) is 0 Å². The molecule has 1 aromatic carbocycles. The minimum atomic E-state index is 0.262. The van der Waals surface area contributed by atoms with E-state index in [9.17, 15) is 0 Å². The van der Waals surface area contributed by atoms with Crippen LogP contribution in [-0.2, 0) is 11.3 Å². The summed E-state index contributed by atoms with van der Waals surface area (Å²) in [7, 11) is 0. The Morgan fingerprint density at radius 3 is 2.26 bits per heavy atom. The predicted molar refractivity (Wildman–Crippen MR) is 82.2 cm³/mol. The van der Waals surface area contributed by atoms with Crippen molar-refractivity contribution in [1.82, 2.24) is 5.32 Å². The lowest BCUT2D eigenvalue weighted by atomic mass is 9.81. The maximum atomic E-state index is 5.90. The van der Waals surface area contributed by atoms with Crippen LogP contribution in [0, 0.1) is 11.3 Å². The van der Waals surface area contributed by atoms with E-state index in [-0.39, 0.29) is 5.41 Å². The van der Waals surface area contributed by atoms with Gasteiger partial charge in [-0.15, -0.1) is 0 Å². The van der Waals surface area contributed by atoms with Gasteiger partial charge in [0.2, 0.25) is 0 Å². The highest BCUT2D eigenvalue weighted by atomic mass is 16.5. The zero-order chi connectivity index (χ0) is 14.3. The minimum Gasteiger partial charge on any atom is -0.376 e. The van der Waals surface area contributed by atoms with Crippen molar-refractivity contribution in [1.29, 1.82) is 0 Å². The van der Waals surface area contributed by atoms with Gasteiger partial charge in [-0.2, -0.15) is 0 Å². The highest BCUT2D eigenvalue weighted by molar-refractivity contribution is 5.13. The molecule has 0 amide bonds. The summed E-state index contributed by atoms with van der Waals surface area (Å²) in [5, 5.41) is 3.52. The van der Waals surface area contributed by atoms with Crippen molar-refractivity contribution >= 4 is 0 Å². The van der Waals surface area contributed by atoms with Crippen LogP contribution in [0.15, 0.2) is 30.3 Å². The Bertz CT molecular complexity index is 340. The van der Waals surface area contributed by atoms with Gasteiger partial charge in [-0.25, -0.2) is 0 Å². The smallest absolute Gasteiger partial charge is 0.0717 e. The van der Waals surface area contributed by atoms with Crippen molar-refractivity contribution in [2.45, 2.75) is 47.3 Å². The fourth-order valence-corrected chi connectivity index (χ4v) is 1.89. The number of benzene rings is 1. The van der Waals surface area contributed by atoms with Crippen LogP contribution in [0.25, 0.3) is 0 Å². The molecule has 0 aromatic heterocycles. The van der Waals surface area contributed by atoms with Crippen molar-refractivity contribution in [3.8, 4) is 0 Å². The Hall–Kier alpha value is -0.860. The number of hydrogen-bond acceptors (Lipinski definition) is 2.